The van der Waals surface area contributed by atoms with Crippen molar-refractivity contribution in [1.82, 2.24) is 10.2 Å². The van der Waals surface area contributed by atoms with Crippen molar-refractivity contribution in [2.75, 3.05) is 7.05 Å². The largest absolute Gasteiger partial charge is 0.468 e. The summed E-state index contributed by atoms with van der Waals surface area (Å²) in [6.07, 6.45) is 1.78. The SMILES string of the molecule is CNCc1ccoc1CN(Cc1cccs1)C(C)C. The lowest BCUT2D eigenvalue weighted by Gasteiger charge is -2.25. The van der Waals surface area contributed by atoms with E-state index >= 15 is 0 Å². The molecular weight excluding hydrogens is 256 g/mol. The van der Waals surface area contributed by atoms with Gasteiger partial charge in [-0.05, 0) is 38.4 Å². The molecule has 4 heteroatoms. The van der Waals surface area contributed by atoms with Gasteiger partial charge in [0.05, 0.1) is 12.8 Å². The summed E-state index contributed by atoms with van der Waals surface area (Å²) in [5.74, 6) is 1.07. The molecule has 0 amide bonds. The highest BCUT2D eigenvalue weighted by atomic mass is 32.1. The molecule has 3 nitrogen and oxygen atoms in total. The van der Waals surface area contributed by atoms with Gasteiger partial charge in [0.15, 0.2) is 0 Å². The van der Waals surface area contributed by atoms with Crippen LogP contribution in [-0.2, 0) is 19.6 Å². The second-order valence-corrected chi connectivity index (χ2v) is 6.01. The Balaban J connectivity index is 2.05. The first-order chi connectivity index (χ1) is 9.20. The summed E-state index contributed by atoms with van der Waals surface area (Å²) in [5, 5.41) is 5.31. The van der Waals surface area contributed by atoms with E-state index in [0.29, 0.717) is 6.04 Å². The van der Waals surface area contributed by atoms with E-state index in [1.807, 2.05) is 18.4 Å². The monoisotopic (exact) mass is 278 g/mol. The van der Waals surface area contributed by atoms with Crippen LogP contribution in [0.5, 0.6) is 0 Å². The van der Waals surface area contributed by atoms with Gasteiger partial charge in [-0.15, -0.1) is 11.3 Å². The van der Waals surface area contributed by atoms with Crippen molar-refractivity contribution in [3.05, 3.63) is 46.0 Å². The summed E-state index contributed by atoms with van der Waals surface area (Å²) < 4.78 is 5.64. The first-order valence-corrected chi connectivity index (χ1v) is 7.55. The first kappa shape index (κ1) is 14.3. The summed E-state index contributed by atoms with van der Waals surface area (Å²) in [6.45, 7) is 7.16. The fourth-order valence-electron chi connectivity index (χ4n) is 2.06. The van der Waals surface area contributed by atoms with E-state index in [-0.39, 0.29) is 0 Å². The molecule has 2 heterocycles. The molecule has 2 aromatic rings. The number of hydrogen-bond donors (Lipinski definition) is 1. The van der Waals surface area contributed by atoms with Crippen LogP contribution >= 0.6 is 11.3 Å². The molecule has 104 valence electrons. The van der Waals surface area contributed by atoms with Crippen molar-refractivity contribution < 1.29 is 4.42 Å². The molecule has 0 fully saturated rings. The molecule has 0 aliphatic heterocycles. The van der Waals surface area contributed by atoms with Crippen molar-refractivity contribution in [2.45, 2.75) is 39.5 Å². The summed E-state index contributed by atoms with van der Waals surface area (Å²) in [6, 6.07) is 6.85. The van der Waals surface area contributed by atoms with E-state index in [0.717, 1.165) is 25.4 Å². The minimum atomic E-state index is 0.495. The number of rotatable bonds is 7. The summed E-state index contributed by atoms with van der Waals surface area (Å²) >= 11 is 1.81. The lowest BCUT2D eigenvalue weighted by molar-refractivity contribution is 0.188. The van der Waals surface area contributed by atoms with Crippen LogP contribution in [0.15, 0.2) is 34.3 Å². The van der Waals surface area contributed by atoms with Crippen molar-refractivity contribution in [3.63, 3.8) is 0 Å². The van der Waals surface area contributed by atoms with Crippen LogP contribution in [0.4, 0.5) is 0 Å². The lowest BCUT2D eigenvalue weighted by atomic mass is 10.2. The number of nitrogens with zero attached hydrogens (tertiary/aromatic N) is 1. The van der Waals surface area contributed by atoms with Crippen LogP contribution in [0.2, 0.25) is 0 Å². The minimum Gasteiger partial charge on any atom is -0.468 e. The molecule has 0 spiro atoms. The molecule has 1 N–H and O–H groups in total. The molecule has 0 aliphatic rings. The zero-order chi connectivity index (χ0) is 13.7. The van der Waals surface area contributed by atoms with Gasteiger partial charge in [-0.3, -0.25) is 4.90 Å². The molecule has 0 radical (unpaired) electrons. The Labute approximate surface area is 119 Å². The molecule has 0 bridgehead atoms. The van der Waals surface area contributed by atoms with Gasteiger partial charge in [-0.2, -0.15) is 0 Å². The normalized spacial score (nSPS) is 11.6. The molecular formula is C15H22N2OS. The number of nitrogens with one attached hydrogen (secondary N) is 1. The second kappa shape index (κ2) is 6.89. The van der Waals surface area contributed by atoms with E-state index in [1.165, 1.54) is 10.4 Å². The Morgan fingerprint density at radius 1 is 1.32 bits per heavy atom. The zero-order valence-corrected chi connectivity index (χ0v) is 12.7. The Bertz CT molecular complexity index is 476. The van der Waals surface area contributed by atoms with E-state index in [1.54, 1.807) is 6.26 Å². The quantitative estimate of drug-likeness (QED) is 0.840. The average Bonchev–Trinajstić information content (AvgIpc) is 3.01. The van der Waals surface area contributed by atoms with Crippen molar-refractivity contribution >= 4 is 11.3 Å². The Morgan fingerprint density at radius 3 is 2.79 bits per heavy atom. The Hall–Kier alpha value is -1.10. The van der Waals surface area contributed by atoms with Crippen LogP contribution in [-0.4, -0.2) is 18.0 Å². The second-order valence-electron chi connectivity index (χ2n) is 4.98. The minimum absolute atomic E-state index is 0.495. The highest BCUT2D eigenvalue weighted by Crippen LogP contribution is 2.19. The van der Waals surface area contributed by atoms with Crippen LogP contribution in [0.1, 0.15) is 30.0 Å². The number of furan rings is 1. The third-order valence-corrected chi connectivity index (χ3v) is 4.08. The maximum atomic E-state index is 5.64. The predicted octanol–water partition coefficient (Wildman–Crippen LogP) is 3.47. The smallest absolute Gasteiger partial charge is 0.122 e. The third kappa shape index (κ3) is 3.93. The molecule has 0 unspecified atom stereocenters. The molecule has 2 rings (SSSR count). The molecule has 19 heavy (non-hydrogen) atoms. The van der Waals surface area contributed by atoms with Crippen molar-refractivity contribution in [3.8, 4) is 0 Å². The van der Waals surface area contributed by atoms with Gasteiger partial charge in [0.25, 0.3) is 0 Å². The highest BCUT2D eigenvalue weighted by molar-refractivity contribution is 7.09. The Morgan fingerprint density at radius 2 is 2.16 bits per heavy atom. The van der Waals surface area contributed by atoms with Gasteiger partial charge >= 0.3 is 0 Å². The van der Waals surface area contributed by atoms with E-state index in [4.69, 9.17) is 4.42 Å². The molecule has 0 atom stereocenters. The standard InChI is InChI=1S/C15H22N2OS/c1-12(2)17(10-14-5-4-8-19-14)11-15-13(9-16-3)6-7-18-15/h4-8,12,16H,9-11H2,1-3H3. The summed E-state index contributed by atoms with van der Waals surface area (Å²) in [7, 11) is 1.96. The maximum absolute atomic E-state index is 5.64. The molecule has 2 aromatic heterocycles. The van der Waals surface area contributed by atoms with Gasteiger partial charge in [0.1, 0.15) is 5.76 Å². The lowest BCUT2D eigenvalue weighted by Crippen LogP contribution is -2.29. The molecule has 0 aliphatic carbocycles. The van der Waals surface area contributed by atoms with Crippen LogP contribution < -0.4 is 5.32 Å². The fourth-order valence-corrected chi connectivity index (χ4v) is 2.79. The summed E-state index contributed by atoms with van der Waals surface area (Å²) in [4.78, 5) is 3.83. The van der Waals surface area contributed by atoms with Gasteiger partial charge in [0, 0.05) is 29.6 Å². The third-order valence-electron chi connectivity index (χ3n) is 3.22. The molecule has 0 aromatic carbocycles. The molecule has 0 saturated carbocycles. The van der Waals surface area contributed by atoms with Gasteiger partial charge < -0.3 is 9.73 Å². The van der Waals surface area contributed by atoms with Crippen LogP contribution in [0.3, 0.4) is 0 Å². The van der Waals surface area contributed by atoms with Gasteiger partial charge in [-0.1, -0.05) is 6.07 Å². The van der Waals surface area contributed by atoms with E-state index in [9.17, 15) is 0 Å². The Kier molecular flexibility index (Phi) is 5.19. The molecule has 0 saturated heterocycles. The van der Waals surface area contributed by atoms with E-state index < -0.39 is 0 Å². The van der Waals surface area contributed by atoms with E-state index in [2.05, 4.69) is 47.6 Å². The van der Waals surface area contributed by atoms with Gasteiger partial charge in [0.2, 0.25) is 0 Å². The van der Waals surface area contributed by atoms with Crippen molar-refractivity contribution in [2.24, 2.45) is 0 Å². The summed E-state index contributed by atoms with van der Waals surface area (Å²) in [5.41, 5.74) is 1.25. The maximum Gasteiger partial charge on any atom is 0.122 e. The topological polar surface area (TPSA) is 28.4 Å². The number of hydrogen-bond acceptors (Lipinski definition) is 4. The van der Waals surface area contributed by atoms with Crippen molar-refractivity contribution in [1.29, 1.82) is 0 Å². The van der Waals surface area contributed by atoms with Gasteiger partial charge in [-0.25, -0.2) is 0 Å². The van der Waals surface area contributed by atoms with Crippen LogP contribution in [0.25, 0.3) is 0 Å². The first-order valence-electron chi connectivity index (χ1n) is 6.67. The zero-order valence-electron chi connectivity index (χ0n) is 11.8. The predicted molar refractivity (Wildman–Crippen MR) is 80.2 cm³/mol. The average molecular weight is 278 g/mol. The fraction of sp³-hybridized carbons (Fsp3) is 0.467. The van der Waals surface area contributed by atoms with Crippen LogP contribution in [0, 0.1) is 0 Å². The number of thiophene rings is 1. The highest BCUT2D eigenvalue weighted by Gasteiger charge is 2.15.